The third-order valence-electron chi connectivity index (χ3n) is 1.89. The lowest BCUT2D eigenvalue weighted by Crippen LogP contribution is -2.27. The molecule has 0 aromatic rings. The van der Waals surface area contributed by atoms with Crippen molar-refractivity contribution in [3.63, 3.8) is 0 Å². The second kappa shape index (κ2) is 5.06. The van der Waals surface area contributed by atoms with Gasteiger partial charge < -0.3 is 18.9 Å². The van der Waals surface area contributed by atoms with Gasteiger partial charge in [0.2, 0.25) is 0 Å². The molecule has 0 aromatic carbocycles. The molecule has 0 bridgehead atoms. The van der Waals surface area contributed by atoms with Crippen LogP contribution in [0.1, 0.15) is 6.42 Å². The molecule has 1 N–H and O–H groups in total. The zero-order chi connectivity index (χ0) is 10.8. The van der Waals surface area contributed by atoms with Gasteiger partial charge in [-0.25, -0.2) is 0 Å². The Morgan fingerprint density at radius 2 is 2.36 bits per heavy atom. The molecule has 1 heterocycles. The van der Waals surface area contributed by atoms with Gasteiger partial charge in [0.05, 0.1) is 12.7 Å². The van der Waals surface area contributed by atoms with Gasteiger partial charge in [0.1, 0.15) is 14.0 Å². The Kier molecular flexibility index (Phi) is 4.56. The maximum Gasteiger partial charge on any atom is 0.183 e. The maximum absolute atomic E-state index is 9.42. The smallest absolute Gasteiger partial charge is 0.183 e. The fraction of sp³-hybridized carbons (Fsp3) is 1.00. The number of rotatable bonds is 4. The zero-order valence-electron chi connectivity index (χ0n) is 8.25. The summed E-state index contributed by atoms with van der Waals surface area (Å²) in [6.45, 7) is -0.754. The molecule has 0 aliphatic carbocycles. The van der Waals surface area contributed by atoms with Gasteiger partial charge in [-0.1, -0.05) is 0 Å². The summed E-state index contributed by atoms with van der Waals surface area (Å²) in [5, 5.41) is 0. The Hall–Kier alpha value is 0.555. The van der Waals surface area contributed by atoms with Gasteiger partial charge in [0.15, 0.2) is 6.49 Å². The second-order valence-electron chi connectivity index (χ2n) is 3.35. The van der Waals surface area contributed by atoms with Gasteiger partial charge in [-0.2, -0.15) is 0 Å². The minimum absolute atomic E-state index is 0.232. The molecule has 4 atom stereocenters. The van der Waals surface area contributed by atoms with E-state index >= 15 is 0 Å². The summed E-state index contributed by atoms with van der Waals surface area (Å²) < 4.78 is 15.6. The van der Waals surface area contributed by atoms with Crippen molar-refractivity contribution >= 4 is 26.1 Å². The van der Waals surface area contributed by atoms with Crippen LogP contribution in [0.25, 0.3) is 0 Å². The highest BCUT2D eigenvalue weighted by Gasteiger charge is 2.35. The first-order valence-electron chi connectivity index (χ1n) is 4.31. The molecule has 1 aliphatic rings. The summed E-state index contributed by atoms with van der Waals surface area (Å²) in [5.41, 5.74) is 0. The van der Waals surface area contributed by atoms with Crippen molar-refractivity contribution in [2.45, 2.75) is 24.6 Å². The minimum Gasteiger partial charge on any atom is -0.382 e. The van der Waals surface area contributed by atoms with Crippen molar-refractivity contribution < 1.29 is 18.9 Å². The van der Waals surface area contributed by atoms with E-state index in [0.717, 1.165) is 0 Å². The Labute approximate surface area is 90.5 Å². The molecule has 0 saturated carbocycles. The number of methoxy groups -OCH3 is 1. The SMILES string of the molecule is [B][C@H]1C[C@H](OP(C)(O)=S)[C@@H](COC)O1. The second-order valence-corrected chi connectivity index (χ2v) is 7.20. The van der Waals surface area contributed by atoms with Gasteiger partial charge in [0.25, 0.3) is 0 Å². The van der Waals surface area contributed by atoms with Crippen LogP contribution in [-0.4, -0.2) is 51.3 Å². The molecular weight excluding hydrogens is 222 g/mol. The topological polar surface area (TPSA) is 47.9 Å². The van der Waals surface area contributed by atoms with Crippen LogP contribution in [0.5, 0.6) is 0 Å². The average Bonchev–Trinajstić information content (AvgIpc) is 2.28. The van der Waals surface area contributed by atoms with E-state index in [-0.39, 0.29) is 18.2 Å². The molecule has 14 heavy (non-hydrogen) atoms. The summed E-state index contributed by atoms with van der Waals surface area (Å²) >= 11 is 4.80. The normalized spacial score (nSPS) is 36.9. The van der Waals surface area contributed by atoms with Crippen molar-refractivity contribution in [1.82, 2.24) is 0 Å². The van der Waals surface area contributed by atoms with Gasteiger partial charge in [0, 0.05) is 19.8 Å². The highest BCUT2D eigenvalue weighted by atomic mass is 32.5. The lowest BCUT2D eigenvalue weighted by atomic mass is 9.96. The standard InChI is InChI=1S/C7H14BO4PS/c1-10-4-6-5(3-7(8)11-6)12-13(2,9)14/h5-7H,3-4H2,1-2H3,(H,9,14)/t5-,6+,7+,13?/m0/s1. The van der Waals surface area contributed by atoms with Gasteiger partial charge >= 0.3 is 0 Å². The Morgan fingerprint density at radius 3 is 2.86 bits per heavy atom. The zero-order valence-corrected chi connectivity index (χ0v) is 9.96. The molecule has 4 nitrogen and oxygen atoms in total. The fourth-order valence-electron chi connectivity index (χ4n) is 1.42. The van der Waals surface area contributed by atoms with Crippen LogP contribution >= 0.6 is 6.49 Å². The van der Waals surface area contributed by atoms with Gasteiger partial charge in [-0.15, -0.1) is 0 Å². The Balaban J connectivity index is 2.53. The third kappa shape index (κ3) is 3.97. The van der Waals surface area contributed by atoms with Crippen LogP contribution in [-0.2, 0) is 25.8 Å². The van der Waals surface area contributed by atoms with Crippen molar-refractivity contribution in [2.75, 3.05) is 20.4 Å². The highest BCUT2D eigenvalue weighted by Crippen LogP contribution is 2.42. The predicted molar refractivity (Wildman–Crippen MR) is 58.2 cm³/mol. The van der Waals surface area contributed by atoms with Crippen LogP contribution in [0.2, 0.25) is 0 Å². The lowest BCUT2D eigenvalue weighted by molar-refractivity contribution is -0.01000. The van der Waals surface area contributed by atoms with Gasteiger partial charge in [-0.05, 0) is 18.2 Å². The molecule has 1 aliphatic heterocycles. The molecule has 1 saturated heterocycles. The number of hydrogen-bond acceptors (Lipinski definition) is 4. The predicted octanol–water partition coefficient (Wildman–Crippen LogP) is 0.233. The molecule has 80 valence electrons. The number of hydrogen-bond donors (Lipinski definition) is 1. The monoisotopic (exact) mass is 236 g/mol. The van der Waals surface area contributed by atoms with Gasteiger partial charge in [-0.3, -0.25) is 0 Å². The quantitative estimate of drug-likeness (QED) is 0.559. The fourth-order valence-corrected chi connectivity index (χ4v) is 2.48. The average molecular weight is 236 g/mol. The summed E-state index contributed by atoms with van der Waals surface area (Å²) in [6.07, 6.45) is 0.0519. The Morgan fingerprint density at radius 1 is 1.71 bits per heavy atom. The van der Waals surface area contributed by atoms with Crippen LogP contribution < -0.4 is 0 Å². The first-order chi connectivity index (χ1) is 6.42. The molecule has 0 amide bonds. The van der Waals surface area contributed by atoms with E-state index < -0.39 is 6.49 Å². The van der Waals surface area contributed by atoms with E-state index in [9.17, 15) is 4.89 Å². The lowest BCUT2D eigenvalue weighted by Gasteiger charge is -2.21. The van der Waals surface area contributed by atoms with Crippen molar-refractivity contribution in [3.05, 3.63) is 0 Å². The largest absolute Gasteiger partial charge is 0.382 e. The van der Waals surface area contributed by atoms with E-state index in [2.05, 4.69) is 0 Å². The third-order valence-corrected chi connectivity index (χ3v) is 2.81. The molecule has 1 unspecified atom stereocenters. The minimum atomic E-state index is -2.66. The van der Waals surface area contributed by atoms with Crippen LogP contribution in [0.3, 0.4) is 0 Å². The van der Waals surface area contributed by atoms with Crippen molar-refractivity contribution in [2.24, 2.45) is 0 Å². The molecule has 1 fully saturated rings. The molecule has 1 rings (SSSR count). The molecule has 2 radical (unpaired) electrons. The maximum atomic E-state index is 9.42. The molecule has 0 spiro atoms. The van der Waals surface area contributed by atoms with Crippen molar-refractivity contribution in [1.29, 1.82) is 0 Å². The Bertz CT molecular complexity index is 234. The molecular formula is C7H14BO4PS. The van der Waals surface area contributed by atoms with E-state index in [1.807, 2.05) is 0 Å². The first kappa shape index (κ1) is 12.6. The van der Waals surface area contributed by atoms with Crippen LogP contribution in [0.4, 0.5) is 0 Å². The summed E-state index contributed by atoms with van der Waals surface area (Å²) in [5.74, 6) is 0. The summed E-state index contributed by atoms with van der Waals surface area (Å²) in [7, 11) is 7.18. The van der Waals surface area contributed by atoms with E-state index in [1.165, 1.54) is 6.66 Å². The highest BCUT2D eigenvalue weighted by molar-refractivity contribution is 8.09. The van der Waals surface area contributed by atoms with Crippen molar-refractivity contribution in [3.8, 4) is 0 Å². The van der Waals surface area contributed by atoms with Crippen LogP contribution in [0, 0.1) is 0 Å². The van der Waals surface area contributed by atoms with E-state index in [1.54, 1.807) is 7.11 Å². The van der Waals surface area contributed by atoms with Crippen LogP contribution in [0.15, 0.2) is 0 Å². The van der Waals surface area contributed by atoms with E-state index in [0.29, 0.717) is 13.0 Å². The molecule has 0 aromatic heterocycles. The summed E-state index contributed by atoms with van der Waals surface area (Å²) in [6, 6.07) is -0.360. The summed E-state index contributed by atoms with van der Waals surface area (Å²) in [4.78, 5) is 9.42. The molecule has 7 heteroatoms. The first-order valence-corrected chi connectivity index (χ1v) is 7.43. The van der Waals surface area contributed by atoms with E-state index in [4.69, 9.17) is 33.7 Å². The number of ether oxygens (including phenoxy) is 2.